The van der Waals surface area contributed by atoms with Crippen LogP contribution in [0.3, 0.4) is 0 Å². The summed E-state index contributed by atoms with van der Waals surface area (Å²) >= 11 is 1.52. The molecule has 1 fully saturated rings. The zero-order valence-corrected chi connectivity index (χ0v) is 17.0. The summed E-state index contributed by atoms with van der Waals surface area (Å²) < 4.78 is 3.90. The lowest BCUT2D eigenvalue weighted by molar-refractivity contribution is 0.0587. The highest BCUT2D eigenvalue weighted by Crippen LogP contribution is 2.27. The van der Waals surface area contributed by atoms with E-state index in [-0.39, 0.29) is 11.9 Å². The standard InChI is InChI=1S/C22H23N5OS/c28-21(26-13-5-4-9-18(26)10-14-25-12-6-11-23-25)20-16-29-22-24-19(15-27(20)22)17-7-2-1-3-8-17/h1-3,6-8,11-12,15-16,18H,4-5,9-10,13-14H2/t18-/m1/s1. The van der Waals surface area contributed by atoms with Gasteiger partial charge in [-0.05, 0) is 31.7 Å². The molecule has 1 aliphatic rings. The van der Waals surface area contributed by atoms with Gasteiger partial charge < -0.3 is 4.90 Å². The number of hydrogen-bond acceptors (Lipinski definition) is 4. The number of piperidine rings is 1. The molecule has 6 nitrogen and oxygen atoms in total. The number of hydrogen-bond donors (Lipinski definition) is 0. The predicted octanol–water partition coefficient (Wildman–Crippen LogP) is 4.34. The summed E-state index contributed by atoms with van der Waals surface area (Å²) in [5, 5.41) is 6.24. The Kier molecular flexibility index (Phi) is 4.89. The molecule has 0 radical (unpaired) electrons. The number of benzene rings is 1. The molecule has 4 aromatic rings. The van der Waals surface area contributed by atoms with Crippen LogP contribution >= 0.6 is 11.3 Å². The van der Waals surface area contributed by atoms with Crippen LogP contribution in [0.1, 0.15) is 36.2 Å². The molecule has 7 heteroatoms. The first kappa shape index (κ1) is 18.1. The van der Waals surface area contributed by atoms with Gasteiger partial charge in [-0.3, -0.25) is 13.9 Å². The van der Waals surface area contributed by atoms with Crippen molar-refractivity contribution in [2.24, 2.45) is 0 Å². The number of aromatic nitrogens is 4. The van der Waals surface area contributed by atoms with E-state index in [2.05, 4.69) is 10.00 Å². The molecule has 1 saturated heterocycles. The monoisotopic (exact) mass is 405 g/mol. The second kappa shape index (κ2) is 7.83. The minimum atomic E-state index is 0.110. The average molecular weight is 406 g/mol. The van der Waals surface area contributed by atoms with Gasteiger partial charge >= 0.3 is 0 Å². The fourth-order valence-corrected chi connectivity index (χ4v) is 4.96. The number of rotatable bonds is 5. The maximum Gasteiger partial charge on any atom is 0.271 e. The second-order valence-electron chi connectivity index (χ2n) is 7.47. The molecule has 0 spiro atoms. The van der Waals surface area contributed by atoms with Crippen molar-refractivity contribution < 1.29 is 4.79 Å². The van der Waals surface area contributed by atoms with E-state index < -0.39 is 0 Å². The molecule has 148 valence electrons. The second-order valence-corrected chi connectivity index (χ2v) is 8.31. The molecule has 0 unspecified atom stereocenters. The zero-order valence-electron chi connectivity index (χ0n) is 16.1. The summed E-state index contributed by atoms with van der Waals surface area (Å²) in [6.45, 7) is 1.66. The van der Waals surface area contributed by atoms with Gasteiger partial charge in [0, 0.05) is 48.7 Å². The average Bonchev–Trinajstić information content (AvgIpc) is 3.50. The van der Waals surface area contributed by atoms with E-state index in [4.69, 9.17) is 4.98 Å². The van der Waals surface area contributed by atoms with Gasteiger partial charge in [0.2, 0.25) is 0 Å². The van der Waals surface area contributed by atoms with Crippen molar-refractivity contribution in [3.63, 3.8) is 0 Å². The predicted molar refractivity (Wildman–Crippen MR) is 114 cm³/mol. The SMILES string of the molecule is O=C(c1csc2nc(-c3ccccc3)cn12)N1CCCC[C@@H]1CCn1cccn1. The van der Waals surface area contributed by atoms with Crippen molar-refractivity contribution in [2.75, 3.05) is 6.54 Å². The van der Waals surface area contributed by atoms with E-state index >= 15 is 0 Å². The molecule has 0 N–H and O–H groups in total. The van der Waals surface area contributed by atoms with E-state index in [9.17, 15) is 4.79 Å². The summed E-state index contributed by atoms with van der Waals surface area (Å²) in [5.74, 6) is 0.110. The normalized spacial score (nSPS) is 17.1. The lowest BCUT2D eigenvalue weighted by atomic mass is 9.99. The maximum absolute atomic E-state index is 13.5. The van der Waals surface area contributed by atoms with E-state index in [1.807, 2.05) is 63.3 Å². The lowest BCUT2D eigenvalue weighted by Gasteiger charge is -2.35. The molecule has 1 amide bonds. The minimum absolute atomic E-state index is 0.110. The molecule has 0 aliphatic carbocycles. The molecule has 4 heterocycles. The Morgan fingerprint density at radius 3 is 2.90 bits per heavy atom. The highest BCUT2D eigenvalue weighted by molar-refractivity contribution is 7.15. The third-order valence-electron chi connectivity index (χ3n) is 5.64. The Bertz CT molecular complexity index is 1100. The molecule has 29 heavy (non-hydrogen) atoms. The Labute approximate surface area is 173 Å². The Hall–Kier alpha value is -2.93. The summed E-state index contributed by atoms with van der Waals surface area (Å²) in [6, 6.07) is 12.3. The van der Waals surface area contributed by atoms with Crippen LogP contribution in [-0.2, 0) is 6.54 Å². The molecule has 1 atom stereocenters. The topological polar surface area (TPSA) is 55.4 Å². The number of likely N-dealkylation sites (tertiary alicyclic amines) is 1. The van der Waals surface area contributed by atoms with E-state index in [1.165, 1.54) is 17.8 Å². The van der Waals surface area contributed by atoms with Gasteiger partial charge in [-0.25, -0.2) is 4.98 Å². The molecule has 1 aromatic carbocycles. The Balaban J connectivity index is 1.39. The van der Waals surface area contributed by atoms with Crippen molar-refractivity contribution in [2.45, 2.75) is 38.3 Å². The lowest BCUT2D eigenvalue weighted by Crippen LogP contribution is -2.44. The molecule has 3 aromatic heterocycles. The highest BCUT2D eigenvalue weighted by Gasteiger charge is 2.29. The van der Waals surface area contributed by atoms with Gasteiger partial charge in [-0.1, -0.05) is 30.3 Å². The number of thiazole rings is 1. The molecule has 5 rings (SSSR count). The van der Waals surface area contributed by atoms with Crippen molar-refractivity contribution in [3.8, 4) is 11.3 Å². The van der Waals surface area contributed by atoms with Gasteiger partial charge in [0.25, 0.3) is 5.91 Å². The van der Waals surface area contributed by atoms with Crippen molar-refractivity contribution in [3.05, 3.63) is 66.1 Å². The van der Waals surface area contributed by atoms with E-state index in [0.717, 1.165) is 48.6 Å². The van der Waals surface area contributed by atoms with Crippen molar-refractivity contribution in [1.29, 1.82) is 0 Å². The molecular weight excluding hydrogens is 382 g/mol. The number of carbonyl (C=O) groups excluding carboxylic acids is 1. The summed E-state index contributed by atoms with van der Waals surface area (Å²) in [5.41, 5.74) is 2.68. The van der Waals surface area contributed by atoms with Crippen LogP contribution < -0.4 is 0 Å². The maximum atomic E-state index is 13.5. The number of aryl methyl sites for hydroxylation is 1. The number of amides is 1. The smallest absolute Gasteiger partial charge is 0.271 e. The molecule has 0 saturated carbocycles. The van der Waals surface area contributed by atoms with Crippen LogP contribution in [0.2, 0.25) is 0 Å². The van der Waals surface area contributed by atoms with Crippen molar-refractivity contribution in [1.82, 2.24) is 24.1 Å². The van der Waals surface area contributed by atoms with Gasteiger partial charge in [0.05, 0.1) is 5.69 Å². The quantitative estimate of drug-likeness (QED) is 0.496. The molecular formula is C22H23N5OS. The molecule has 0 bridgehead atoms. The molecule has 1 aliphatic heterocycles. The van der Waals surface area contributed by atoms with Crippen molar-refractivity contribution >= 4 is 22.2 Å². The van der Waals surface area contributed by atoms with E-state index in [0.29, 0.717) is 5.69 Å². The first-order valence-electron chi connectivity index (χ1n) is 10.1. The first-order valence-corrected chi connectivity index (χ1v) is 11.0. The minimum Gasteiger partial charge on any atom is -0.334 e. The Morgan fingerprint density at radius 2 is 2.07 bits per heavy atom. The summed E-state index contributed by atoms with van der Waals surface area (Å²) in [6.07, 6.45) is 9.99. The largest absolute Gasteiger partial charge is 0.334 e. The number of fused-ring (bicyclic) bond motifs is 1. The number of imidazole rings is 1. The van der Waals surface area contributed by atoms with Crippen LogP contribution in [0.4, 0.5) is 0 Å². The first-order chi connectivity index (χ1) is 14.3. The number of carbonyl (C=O) groups is 1. The van der Waals surface area contributed by atoms with Crippen LogP contribution in [0.5, 0.6) is 0 Å². The van der Waals surface area contributed by atoms with Crippen LogP contribution in [0.15, 0.2) is 60.4 Å². The summed E-state index contributed by atoms with van der Waals surface area (Å²) in [7, 11) is 0. The fourth-order valence-electron chi connectivity index (χ4n) is 4.11. The third-order valence-corrected chi connectivity index (χ3v) is 6.48. The fraction of sp³-hybridized carbons (Fsp3) is 0.318. The highest BCUT2D eigenvalue weighted by atomic mass is 32.1. The summed E-state index contributed by atoms with van der Waals surface area (Å²) in [4.78, 5) is 21.1. The van der Waals surface area contributed by atoms with E-state index in [1.54, 1.807) is 6.20 Å². The number of nitrogens with zero attached hydrogens (tertiary/aromatic N) is 5. The van der Waals surface area contributed by atoms with Crippen LogP contribution in [0, 0.1) is 0 Å². The van der Waals surface area contributed by atoms with Gasteiger partial charge in [0.1, 0.15) is 5.69 Å². The van der Waals surface area contributed by atoms with Crippen LogP contribution in [0.25, 0.3) is 16.2 Å². The van der Waals surface area contributed by atoms with Gasteiger partial charge in [-0.15, -0.1) is 11.3 Å². The van der Waals surface area contributed by atoms with Gasteiger partial charge in [-0.2, -0.15) is 5.10 Å². The van der Waals surface area contributed by atoms with Gasteiger partial charge in [0.15, 0.2) is 4.96 Å². The zero-order chi connectivity index (χ0) is 19.6. The van der Waals surface area contributed by atoms with Crippen LogP contribution in [-0.4, -0.2) is 42.6 Å². The third kappa shape index (κ3) is 3.58. The Morgan fingerprint density at radius 1 is 1.17 bits per heavy atom.